The molecule has 0 radical (unpaired) electrons. The minimum absolute atomic E-state index is 0.607. The van der Waals surface area contributed by atoms with Crippen LogP contribution in [0.5, 0.6) is 0 Å². The molecule has 10 nitrogen and oxygen atoms in total. The summed E-state index contributed by atoms with van der Waals surface area (Å²) in [6.45, 7) is 0. The third kappa shape index (κ3) is 12.5. The van der Waals surface area contributed by atoms with Gasteiger partial charge in [0.1, 0.15) is 0 Å². The molecule has 20 aromatic rings. The highest BCUT2D eigenvalue weighted by Gasteiger charge is 2.20. The molecule has 14 aromatic carbocycles. The van der Waals surface area contributed by atoms with Crippen molar-refractivity contribution in [1.82, 2.24) is 48.6 Å². The Kier molecular flexibility index (Phi) is 16.8. The number of rotatable bonds is 11. The number of halogens is 1. The van der Waals surface area contributed by atoms with Gasteiger partial charge in [0.15, 0.2) is 34.9 Å². The Morgan fingerprint density at radius 3 is 1.09 bits per heavy atom. The van der Waals surface area contributed by atoms with Gasteiger partial charge in [-0.25, -0.2) is 29.9 Å². The van der Waals surface area contributed by atoms with Crippen molar-refractivity contribution in [2.24, 2.45) is 0 Å². The predicted molar refractivity (Wildman–Crippen MR) is 432 cm³/mol. The minimum Gasteiger partial charge on any atom is -0.354 e. The quantitative estimate of drug-likeness (QED) is 0.138. The Bertz CT molecular complexity index is 6380. The monoisotopic (exact) mass is 1370 g/mol. The first-order valence-electron chi connectivity index (χ1n) is 34.9. The van der Waals surface area contributed by atoms with Crippen LogP contribution in [0, 0.1) is 0 Å². The third-order valence-corrected chi connectivity index (χ3v) is 19.4. The molecule has 0 saturated heterocycles. The molecule has 105 heavy (non-hydrogen) atoms. The lowest BCUT2D eigenvalue weighted by atomic mass is 10.1. The summed E-state index contributed by atoms with van der Waals surface area (Å²) >= 11 is 6.14. The standard InChI is InChI=1S/C47H31N5.C26H18N2.C21H14ClN3/c1-4-13-32(14-5-1)33-23-25-37(26-24-33)51-30-29-41-42(51)28-27-40-39-21-10-11-22-43(39)52(44(40)41)38-20-12-19-36(31-38)47-49-45(34-15-6-2-7-16-34)48-46(50-47)35-17-8-3-9-18-35;1-2-6-18(7-3-1)19-10-12-20(13-11-19)28-17-16-23-25(28)15-14-22-21-8-4-5-9-24(21)27-26(22)23;22-18-13-7-12-17(14-18)21-24-19(15-8-3-1-4-9-15)23-20(25-21)16-10-5-2-6-11-16/h1-31H;1-17,27H;1-14H. The Morgan fingerprint density at radius 1 is 0.229 bits per heavy atom. The van der Waals surface area contributed by atoms with Crippen LogP contribution < -0.4 is 0 Å². The molecule has 20 rings (SSSR count). The zero-order valence-corrected chi connectivity index (χ0v) is 57.5. The molecule has 0 saturated carbocycles. The zero-order valence-electron chi connectivity index (χ0n) is 56.7. The van der Waals surface area contributed by atoms with Gasteiger partial charge in [0, 0.05) is 106 Å². The van der Waals surface area contributed by atoms with Crippen LogP contribution in [-0.4, -0.2) is 48.6 Å². The fraction of sp³-hybridized carbons (Fsp3) is 0. The summed E-state index contributed by atoms with van der Waals surface area (Å²) in [5, 5.41) is 8.07. The second-order valence-electron chi connectivity index (χ2n) is 25.7. The molecular weight excluding hydrogens is 1300 g/mol. The smallest absolute Gasteiger partial charge is 0.164 e. The van der Waals surface area contributed by atoms with Crippen LogP contribution in [0.4, 0.5) is 0 Å². The van der Waals surface area contributed by atoms with Crippen molar-refractivity contribution in [3.63, 3.8) is 0 Å². The number of hydrogen-bond acceptors (Lipinski definition) is 6. The number of fused-ring (bicyclic) bond motifs is 10. The first kappa shape index (κ1) is 63.3. The van der Waals surface area contributed by atoms with E-state index in [1.54, 1.807) is 0 Å². The van der Waals surface area contributed by atoms with Gasteiger partial charge in [0.05, 0.1) is 27.6 Å². The summed E-state index contributed by atoms with van der Waals surface area (Å²) in [5.41, 5.74) is 20.9. The van der Waals surface area contributed by atoms with Gasteiger partial charge >= 0.3 is 0 Å². The third-order valence-electron chi connectivity index (χ3n) is 19.2. The molecule has 6 heterocycles. The molecule has 0 unspecified atom stereocenters. The molecule has 0 aliphatic carbocycles. The molecule has 0 aliphatic rings. The second kappa shape index (κ2) is 27.9. The summed E-state index contributed by atoms with van der Waals surface area (Å²) in [5.74, 6) is 3.81. The zero-order chi connectivity index (χ0) is 70.0. The van der Waals surface area contributed by atoms with Crippen LogP contribution in [0.2, 0.25) is 5.02 Å². The van der Waals surface area contributed by atoms with Crippen molar-refractivity contribution in [3.05, 3.63) is 381 Å². The predicted octanol–water partition coefficient (Wildman–Crippen LogP) is 24.0. The van der Waals surface area contributed by atoms with E-state index in [1.165, 1.54) is 82.3 Å². The van der Waals surface area contributed by atoms with Gasteiger partial charge < -0.3 is 18.7 Å². The number of nitrogens with one attached hydrogen (secondary N) is 1. The number of nitrogens with zero attached hydrogens (tertiary/aromatic N) is 9. The molecule has 496 valence electrons. The van der Waals surface area contributed by atoms with E-state index in [0.29, 0.717) is 40.0 Å². The molecule has 0 spiro atoms. The van der Waals surface area contributed by atoms with E-state index in [1.807, 2.05) is 146 Å². The average molecular weight is 1370 g/mol. The fourth-order valence-corrected chi connectivity index (χ4v) is 14.3. The van der Waals surface area contributed by atoms with Gasteiger partial charge in [-0.15, -0.1) is 0 Å². The summed E-state index contributed by atoms with van der Waals surface area (Å²) in [6, 6.07) is 125. The Balaban J connectivity index is 0.000000124. The SMILES string of the molecule is Clc1cccc(-c2nc(-c3ccccc3)nc(-c3ccccc3)n2)c1.c1ccc(-c2ccc(-n3ccc4c3ccc3c5ccccc5n(-c5cccc(-c6nc(-c7ccccc7)nc(-c7ccccc7)n6)c5)c34)cc2)cc1.c1ccc(-c2ccc(-n3ccc4c5[nH]c6ccccc6c5ccc43)cc2)cc1. The molecule has 1 N–H and O–H groups in total. The Hall–Kier alpha value is -13.9. The van der Waals surface area contributed by atoms with Gasteiger partial charge in [0.25, 0.3) is 0 Å². The maximum atomic E-state index is 6.14. The lowest BCUT2D eigenvalue weighted by molar-refractivity contribution is 1.07. The number of hydrogen-bond donors (Lipinski definition) is 1. The first-order valence-corrected chi connectivity index (χ1v) is 35.3. The van der Waals surface area contributed by atoms with Crippen LogP contribution in [0.3, 0.4) is 0 Å². The van der Waals surface area contributed by atoms with Crippen molar-refractivity contribution in [3.8, 4) is 108 Å². The van der Waals surface area contributed by atoms with E-state index in [0.717, 1.165) is 55.8 Å². The van der Waals surface area contributed by atoms with Gasteiger partial charge in [-0.3, -0.25) is 0 Å². The molecule has 0 atom stereocenters. The van der Waals surface area contributed by atoms with Crippen molar-refractivity contribution >= 4 is 77.0 Å². The molecule has 11 heteroatoms. The summed E-state index contributed by atoms with van der Waals surface area (Å²) in [4.78, 5) is 32.5. The summed E-state index contributed by atoms with van der Waals surface area (Å²) in [7, 11) is 0. The highest BCUT2D eigenvalue weighted by molar-refractivity contribution is 6.30. The van der Waals surface area contributed by atoms with Crippen LogP contribution in [0.15, 0.2) is 376 Å². The van der Waals surface area contributed by atoms with Crippen molar-refractivity contribution in [2.45, 2.75) is 0 Å². The van der Waals surface area contributed by atoms with E-state index in [4.69, 9.17) is 26.6 Å². The van der Waals surface area contributed by atoms with E-state index >= 15 is 0 Å². The molecule has 0 aliphatic heterocycles. The lowest BCUT2D eigenvalue weighted by Crippen LogP contribution is -2.01. The lowest BCUT2D eigenvalue weighted by Gasteiger charge is -2.12. The molecule has 6 aromatic heterocycles. The average Bonchev–Trinajstić information content (AvgIpc) is 1.55. The topological polar surface area (TPSA) is 108 Å². The van der Waals surface area contributed by atoms with Crippen LogP contribution in [0.25, 0.3) is 173 Å². The van der Waals surface area contributed by atoms with Gasteiger partial charge in [0.2, 0.25) is 0 Å². The maximum Gasteiger partial charge on any atom is 0.164 e. The highest BCUT2D eigenvalue weighted by atomic mass is 35.5. The molecule has 0 fully saturated rings. The van der Waals surface area contributed by atoms with E-state index in [9.17, 15) is 0 Å². The summed E-state index contributed by atoms with van der Waals surface area (Å²) in [6.07, 6.45) is 4.34. The van der Waals surface area contributed by atoms with E-state index in [-0.39, 0.29) is 0 Å². The molecular formula is C94H63ClN10. The fourth-order valence-electron chi connectivity index (χ4n) is 14.1. The van der Waals surface area contributed by atoms with Gasteiger partial charge in [-0.05, 0) is 107 Å². The van der Waals surface area contributed by atoms with E-state index in [2.05, 4.69) is 264 Å². The minimum atomic E-state index is 0.607. The van der Waals surface area contributed by atoms with Crippen molar-refractivity contribution in [2.75, 3.05) is 0 Å². The normalized spacial score (nSPS) is 11.3. The maximum absolute atomic E-state index is 6.14. The van der Waals surface area contributed by atoms with Crippen molar-refractivity contribution < 1.29 is 0 Å². The van der Waals surface area contributed by atoms with Crippen LogP contribution >= 0.6 is 11.6 Å². The number of aromatic nitrogens is 10. The van der Waals surface area contributed by atoms with Crippen molar-refractivity contribution in [1.29, 1.82) is 0 Å². The second-order valence-corrected chi connectivity index (χ2v) is 26.1. The van der Waals surface area contributed by atoms with Gasteiger partial charge in [-0.2, -0.15) is 0 Å². The number of aromatic amines is 1. The number of benzene rings is 14. The molecule has 0 bridgehead atoms. The number of para-hydroxylation sites is 2. The summed E-state index contributed by atoms with van der Waals surface area (Å²) < 4.78 is 6.93. The van der Waals surface area contributed by atoms with E-state index < -0.39 is 0 Å². The number of H-pyrrole nitrogens is 1. The largest absolute Gasteiger partial charge is 0.354 e. The van der Waals surface area contributed by atoms with Crippen LogP contribution in [0.1, 0.15) is 0 Å². The highest BCUT2D eigenvalue weighted by Crippen LogP contribution is 2.40. The van der Waals surface area contributed by atoms with Gasteiger partial charge in [-0.1, -0.05) is 291 Å². The Labute approximate surface area is 610 Å². The first-order chi connectivity index (χ1) is 52.0. The Morgan fingerprint density at radius 2 is 0.600 bits per heavy atom. The molecule has 0 amide bonds. The van der Waals surface area contributed by atoms with Crippen LogP contribution in [-0.2, 0) is 0 Å².